The first-order chi connectivity index (χ1) is 26.1. The van der Waals surface area contributed by atoms with Gasteiger partial charge in [-0.05, 0) is 99.0 Å². The van der Waals surface area contributed by atoms with E-state index in [1.165, 1.54) is 0 Å². The maximum atomic E-state index is 14.0. The molecule has 1 amide bonds. The Morgan fingerprint density at radius 3 is 2.35 bits per heavy atom. The fraction of sp³-hybridized carbons (Fsp3) is 0.385. The fourth-order valence-corrected chi connectivity index (χ4v) is 7.25. The SMILES string of the molecule is Cc1c(NC(=O)c2cc3n(n2)CCC[C@H]3NC(C)(C)C(=O)O)cccc1-c1cccc(Nc2nc(C(F)(F)F)nc3cc(CN4CC[C@@H](O)C4)cnc23)c1C. The molecule has 0 bridgehead atoms. The van der Waals surface area contributed by atoms with E-state index >= 15 is 0 Å². The number of aliphatic hydroxyl groups is 1. The van der Waals surface area contributed by atoms with E-state index in [1.807, 2.05) is 36.9 Å². The molecule has 0 saturated carbocycles. The van der Waals surface area contributed by atoms with Crippen LogP contribution in [0.5, 0.6) is 0 Å². The highest BCUT2D eigenvalue weighted by atomic mass is 19.4. The predicted octanol–water partition coefficient (Wildman–Crippen LogP) is 6.37. The lowest BCUT2D eigenvalue weighted by Crippen LogP contribution is -2.49. The quantitative estimate of drug-likeness (QED) is 0.107. The molecule has 0 unspecified atom stereocenters. The Bertz CT molecular complexity index is 2290. The van der Waals surface area contributed by atoms with Gasteiger partial charge >= 0.3 is 12.1 Å². The second kappa shape index (κ2) is 14.7. The summed E-state index contributed by atoms with van der Waals surface area (Å²) in [6.07, 6.45) is -1.53. The van der Waals surface area contributed by atoms with Gasteiger partial charge in [-0.25, -0.2) is 9.97 Å². The van der Waals surface area contributed by atoms with Gasteiger partial charge in [0.05, 0.1) is 23.4 Å². The Morgan fingerprint density at radius 2 is 1.67 bits per heavy atom. The van der Waals surface area contributed by atoms with Crippen LogP contribution in [0.4, 0.5) is 30.4 Å². The normalized spacial score (nSPS) is 17.7. The lowest BCUT2D eigenvalue weighted by Gasteiger charge is -2.31. The second-order valence-electron chi connectivity index (χ2n) is 14.8. The van der Waals surface area contributed by atoms with Crippen molar-refractivity contribution in [2.24, 2.45) is 0 Å². The van der Waals surface area contributed by atoms with Crippen molar-refractivity contribution in [2.75, 3.05) is 23.7 Å². The topological polar surface area (TPSA) is 170 Å². The number of carboxylic acids is 1. The third kappa shape index (κ3) is 7.88. The molecule has 2 aromatic carbocycles. The number of likely N-dealkylation sites (tertiary alicyclic amines) is 1. The monoisotopic (exact) mass is 757 g/mol. The average molecular weight is 758 g/mol. The van der Waals surface area contributed by atoms with Crippen LogP contribution in [0.2, 0.25) is 0 Å². The zero-order chi connectivity index (χ0) is 39.2. The third-order valence-electron chi connectivity index (χ3n) is 10.3. The predicted molar refractivity (Wildman–Crippen MR) is 200 cm³/mol. The number of carboxylic acid groups (broad SMARTS) is 1. The molecule has 0 spiro atoms. The summed E-state index contributed by atoms with van der Waals surface area (Å²) in [6, 6.07) is 13.9. The lowest BCUT2D eigenvalue weighted by molar-refractivity contribution is -0.145. The van der Waals surface area contributed by atoms with Crippen molar-refractivity contribution in [2.45, 2.75) is 83.9 Å². The Labute approximate surface area is 315 Å². The number of hydrogen-bond acceptors (Lipinski definition) is 10. The summed E-state index contributed by atoms with van der Waals surface area (Å²) in [5, 5.41) is 33.3. The second-order valence-corrected chi connectivity index (χ2v) is 14.8. The van der Waals surface area contributed by atoms with Crippen LogP contribution in [0, 0.1) is 13.8 Å². The van der Waals surface area contributed by atoms with Crippen LogP contribution >= 0.6 is 0 Å². The van der Waals surface area contributed by atoms with E-state index in [0.717, 1.165) is 34.4 Å². The van der Waals surface area contributed by atoms with Crippen molar-refractivity contribution in [1.82, 2.24) is 34.9 Å². The molecule has 5 N–H and O–H groups in total. The molecule has 288 valence electrons. The highest BCUT2D eigenvalue weighted by Crippen LogP contribution is 2.37. The van der Waals surface area contributed by atoms with Crippen molar-refractivity contribution in [3.8, 4) is 11.1 Å². The van der Waals surface area contributed by atoms with E-state index in [1.54, 1.807) is 55.1 Å². The number of halogens is 3. The van der Waals surface area contributed by atoms with Gasteiger partial charge in [-0.1, -0.05) is 24.3 Å². The molecule has 0 radical (unpaired) electrons. The number of aliphatic carboxylic acids is 1. The summed E-state index contributed by atoms with van der Waals surface area (Å²) in [4.78, 5) is 39.5. The van der Waals surface area contributed by atoms with Crippen molar-refractivity contribution in [3.05, 3.63) is 88.6 Å². The van der Waals surface area contributed by atoms with Gasteiger partial charge in [-0.2, -0.15) is 18.3 Å². The number of carbonyl (C=O) groups excluding carboxylic acids is 1. The molecule has 3 aromatic heterocycles. The summed E-state index contributed by atoms with van der Waals surface area (Å²) >= 11 is 0. The molecule has 1 fully saturated rings. The molecule has 16 heteroatoms. The number of alkyl halides is 3. The molecular formula is C39H42F3N9O4. The summed E-state index contributed by atoms with van der Waals surface area (Å²) in [5.74, 6) is -2.78. The Kier molecular flexibility index (Phi) is 10.1. The smallest absolute Gasteiger partial charge is 0.451 e. The summed E-state index contributed by atoms with van der Waals surface area (Å²) in [5.41, 5.74) is 4.79. The minimum absolute atomic E-state index is 0.0459. The lowest BCUT2D eigenvalue weighted by atomic mass is 9.94. The standard InChI is InChI=1S/C39H42F3N9O4/c1-21-25(26-9-6-11-28(22(26)2)45-35(53)31-17-32-29(12-7-14-51(32)49-31)48-38(3,4)37(54)55)8-5-10-27(21)44-34-33-30(46-36(47-34)39(40,41)42)16-23(18-43-33)19-50-15-13-24(52)20-50/h5-6,8-11,16-18,24,29,48,52H,7,12-15,19-20H2,1-4H3,(H,45,53)(H,54,55)(H,44,46,47)/t24-,29-/m1/s1. The number of nitrogens with one attached hydrogen (secondary N) is 3. The van der Waals surface area contributed by atoms with Gasteiger partial charge in [0.25, 0.3) is 5.91 Å². The van der Waals surface area contributed by atoms with Crippen LogP contribution in [-0.4, -0.2) is 76.5 Å². The molecule has 7 rings (SSSR count). The van der Waals surface area contributed by atoms with Gasteiger partial charge in [0.2, 0.25) is 5.82 Å². The fourth-order valence-electron chi connectivity index (χ4n) is 7.25. The van der Waals surface area contributed by atoms with Crippen LogP contribution in [-0.2, 0) is 24.1 Å². The Morgan fingerprint density at radius 1 is 0.964 bits per heavy atom. The van der Waals surface area contributed by atoms with Gasteiger partial charge in [-0.15, -0.1) is 0 Å². The zero-order valence-corrected chi connectivity index (χ0v) is 30.8. The number of anilines is 3. The minimum atomic E-state index is -4.80. The van der Waals surface area contributed by atoms with Crippen LogP contribution in [0.3, 0.4) is 0 Å². The minimum Gasteiger partial charge on any atom is -0.480 e. The van der Waals surface area contributed by atoms with Gasteiger partial charge in [0.1, 0.15) is 11.1 Å². The molecule has 2 atom stereocenters. The van der Waals surface area contributed by atoms with Crippen molar-refractivity contribution in [3.63, 3.8) is 0 Å². The number of carbonyl (C=O) groups is 2. The summed E-state index contributed by atoms with van der Waals surface area (Å²) in [6.45, 7) is 9.09. The first kappa shape index (κ1) is 37.8. The number of amides is 1. The van der Waals surface area contributed by atoms with Crippen LogP contribution in [0.15, 0.2) is 54.7 Å². The van der Waals surface area contributed by atoms with Crippen LogP contribution in [0.1, 0.15) is 77.8 Å². The van der Waals surface area contributed by atoms with Gasteiger partial charge in [0, 0.05) is 43.8 Å². The summed E-state index contributed by atoms with van der Waals surface area (Å²) in [7, 11) is 0. The number of rotatable bonds is 10. The molecule has 13 nitrogen and oxygen atoms in total. The van der Waals surface area contributed by atoms with E-state index in [4.69, 9.17) is 0 Å². The van der Waals surface area contributed by atoms with Gasteiger partial charge < -0.3 is 20.8 Å². The number of aliphatic hydroxyl groups excluding tert-OH is 1. The highest BCUT2D eigenvalue weighted by Gasteiger charge is 2.36. The first-order valence-electron chi connectivity index (χ1n) is 18.1. The molecule has 55 heavy (non-hydrogen) atoms. The number of nitrogens with zero attached hydrogens (tertiary/aromatic N) is 6. The number of pyridine rings is 1. The number of hydrogen-bond donors (Lipinski definition) is 5. The molecule has 2 aliphatic rings. The first-order valence-corrected chi connectivity index (χ1v) is 18.1. The van der Waals surface area contributed by atoms with E-state index in [0.29, 0.717) is 56.0 Å². The van der Waals surface area contributed by atoms with E-state index in [-0.39, 0.29) is 28.6 Å². The molecule has 2 aliphatic heterocycles. The maximum Gasteiger partial charge on any atom is 0.451 e. The molecule has 5 aromatic rings. The van der Waals surface area contributed by atoms with Crippen LogP contribution in [0.25, 0.3) is 22.2 Å². The summed E-state index contributed by atoms with van der Waals surface area (Å²) < 4.78 is 43.9. The average Bonchev–Trinajstić information content (AvgIpc) is 3.76. The van der Waals surface area contributed by atoms with E-state index in [9.17, 15) is 33.0 Å². The number of β-amino-alcohol motifs (C(OH)–C–C–N with tert-alkyl or cyclic N) is 1. The van der Waals surface area contributed by atoms with E-state index < -0.39 is 35.5 Å². The number of aryl methyl sites for hydroxylation is 1. The maximum absolute atomic E-state index is 14.0. The molecule has 5 heterocycles. The molecule has 1 saturated heterocycles. The number of fused-ring (bicyclic) bond motifs is 2. The van der Waals surface area contributed by atoms with Gasteiger partial charge in [-0.3, -0.25) is 29.5 Å². The molecule has 0 aliphatic carbocycles. The number of aromatic nitrogens is 5. The van der Waals surface area contributed by atoms with Crippen molar-refractivity contribution >= 4 is 40.1 Å². The zero-order valence-electron chi connectivity index (χ0n) is 30.8. The van der Waals surface area contributed by atoms with Crippen molar-refractivity contribution < 1.29 is 33.0 Å². The van der Waals surface area contributed by atoms with Crippen LogP contribution < -0.4 is 16.0 Å². The van der Waals surface area contributed by atoms with E-state index in [2.05, 4.69) is 36.0 Å². The van der Waals surface area contributed by atoms with Gasteiger partial charge in [0.15, 0.2) is 11.5 Å². The number of benzene rings is 2. The highest BCUT2D eigenvalue weighted by molar-refractivity contribution is 6.04. The Balaban J connectivity index is 1.15. The molecular weight excluding hydrogens is 715 g/mol. The third-order valence-corrected chi connectivity index (χ3v) is 10.3. The van der Waals surface area contributed by atoms with Crippen molar-refractivity contribution in [1.29, 1.82) is 0 Å². The largest absolute Gasteiger partial charge is 0.480 e. The Hall–Kier alpha value is -5.45.